The number of aromatic amines is 1. The summed E-state index contributed by atoms with van der Waals surface area (Å²) >= 11 is 0. The van der Waals surface area contributed by atoms with Crippen LogP contribution in [0.15, 0.2) is 42.7 Å². The van der Waals surface area contributed by atoms with Crippen molar-refractivity contribution in [1.82, 2.24) is 14.9 Å². The zero-order valence-electron chi connectivity index (χ0n) is 15.5. The maximum absolute atomic E-state index is 13.1. The van der Waals surface area contributed by atoms with Gasteiger partial charge in [0.05, 0.1) is 11.1 Å². The van der Waals surface area contributed by atoms with Gasteiger partial charge in [-0.15, -0.1) is 0 Å². The molecule has 1 N–H and O–H groups in total. The molecule has 0 saturated carbocycles. The summed E-state index contributed by atoms with van der Waals surface area (Å²) < 4.78 is 0. The Bertz CT molecular complexity index is 929. The van der Waals surface area contributed by atoms with Crippen molar-refractivity contribution in [2.24, 2.45) is 5.92 Å². The van der Waals surface area contributed by atoms with Crippen molar-refractivity contribution in [3.63, 3.8) is 0 Å². The number of para-hydroxylation sites is 1. The van der Waals surface area contributed by atoms with Gasteiger partial charge in [-0.05, 0) is 60.9 Å². The SMILES string of the molecule is CC1CCc2[nH]c3c(C(=O)N(C)CCc4ccncc4)cccc3c2C1. The standard InChI is InChI=1S/C22H25N3O/c1-15-6-7-20-19(14-15)17-4-3-5-18(21(17)24-20)22(26)25(2)13-10-16-8-11-23-12-9-16/h3-5,8-9,11-12,15,24H,6-7,10,13-14H2,1-2H3. The lowest BCUT2D eigenvalue weighted by Crippen LogP contribution is -2.29. The van der Waals surface area contributed by atoms with E-state index in [2.05, 4.69) is 23.0 Å². The monoisotopic (exact) mass is 347 g/mol. The molecule has 134 valence electrons. The van der Waals surface area contributed by atoms with E-state index in [0.29, 0.717) is 12.5 Å². The third-order valence-corrected chi connectivity index (χ3v) is 5.53. The molecule has 0 saturated heterocycles. The number of aromatic nitrogens is 2. The molecule has 0 radical (unpaired) electrons. The first-order valence-electron chi connectivity index (χ1n) is 9.40. The number of H-pyrrole nitrogens is 1. The molecule has 4 nitrogen and oxygen atoms in total. The second-order valence-corrected chi connectivity index (χ2v) is 7.49. The average Bonchev–Trinajstić information content (AvgIpc) is 3.04. The zero-order valence-corrected chi connectivity index (χ0v) is 15.5. The van der Waals surface area contributed by atoms with Crippen LogP contribution in [0.5, 0.6) is 0 Å². The van der Waals surface area contributed by atoms with Crippen molar-refractivity contribution >= 4 is 16.8 Å². The number of carbonyl (C=O) groups is 1. The molecule has 1 aromatic carbocycles. The van der Waals surface area contributed by atoms with Crippen LogP contribution in [0.3, 0.4) is 0 Å². The lowest BCUT2D eigenvalue weighted by atomic mass is 9.87. The quantitative estimate of drug-likeness (QED) is 0.775. The first-order valence-corrected chi connectivity index (χ1v) is 9.40. The highest BCUT2D eigenvalue weighted by Gasteiger charge is 2.23. The number of hydrogen-bond donors (Lipinski definition) is 1. The number of pyridine rings is 1. The van der Waals surface area contributed by atoms with Gasteiger partial charge in [-0.3, -0.25) is 9.78 Å². The molecule has 4 heteroatoms. The number of likely N-dealkylation sites (N-methyl/N-ethyl adjacent to an activating group) is 1. The van der Waals surface area contributed by atoms with Crippen LogP contribution >= 0.6 is 0 Å². The van der Waals surface area contributed by atoms with Gasteiger partial charge < -0.3 is 9.88 Å². The van der Waals surface area contributed by atoms with Crippen LogP contribution in [-0.4, -0.2) is 34.4 Å². The van der Waals surface area contributed by atoms with E-state index in [-0.39, 0.29) is 5.91 Å². The Morgan fingerprint density at radius 2 is 2.08 bits per heavy atom. The number of aryl methyl sites for hydroxylation is 1. The minimum atomic E-state index is 0.0799. The van der Waals surface area contributed by atoms with E-state index in [1.165, 1.54) is 28.6 Å². The summed E-state index contributed by atoms with van der Waals surface area (Å²) in [5.74, 6) is 0.792. The van der Waals surface area contributed by atoms with Gasteiger partial charge in [-0.2, -0.15) is 0 Å². The zero-order chi connectivity index (χ0) is 18.1. The van der Waals surface area contributed by atoms with Gasteiger partial charge in [0.15, 0.2) is 0 Å². The molecule has 1 aliphatic rings. The molecule has 0 aliphatic heterocycles. The van der Waals surface area contributed by atoms with Crippen molar-refractivity contribution in [1.29, 1.82) is 0 Å². The first-order chi connectivity index (χ1) is 12.6. The van der Waals surface area contributed by atoms with Crippen molar-refractivity contribution in [3.8, 4) is 0 Å². The highest BCUT2D eigenvalue weighted by Crippen LogP contribution is 2.33. The highest BCUT2D eigenvalue weighted by atomic mass is 16.2. The van der Waals surface area contributed by atoms with E-state index in [9.17, 15) is 4.79 Å². The van der Waals surface area contributed by atoms with Crippen LogP contribution in [-0.2, 0) is 19.3 Å². The summed E-state index contributed by atoms with van der Waals surface area (Å²) in [4.78, 5) is 22.5. The predicted octanol–water partition coefficient (Wildman–Crippen LogP) is 4.00. The number of hydrogen-bond acceptors (Lipinski definition) is 2. The number of amides is 1. The van der Waals surface area contributed by atoms with Gasteiger partial charge in [0.2, 0.25) is 0 Å². The fourth-order valence-electron chi connectivity index (χ4n) is 3.95. The summed E-state index contributed by atoms with van der Waals surface area (Å²) in [7, 11) is 1.88. The van der Waals surface area contributed by atoms with Gasteiger partial charge >= 0.3 is 0 Å². The van der Waals surface area contributed by atoms with Crippen LogP contribution in [0.2, 0.25) is 0 Å². The lowest BCUT2D eigenvalue weighted by Gasteiger charge is -2.18. The Balaban J connectivity index is 1.58. The molecule has 2 heterocycles. The molecular weight excluding hydrogens is 322 g/mol. The molecule has 26 heavy (non-hydrogen) atoms. The van der Waals surface area contributed by atoms with Gasteiger partial charge in [-0.1, -0.05) is 19.1 Å². The molecule has 1 aliphatic carbocycles. The minimum Gasteiger partial charge on any atom is -0.358 e. The lowest BCUT2D eigenvalue weighted by molar-refractivity contribution is 0.0798. The van der Waals surface area contributed by atoms with E-state index < -0.39 is 0 Å². The predicted molar refractivity (Wildman–Crippen MR) is 104 cm³/mol. The summed E-state index contributed by atoms with van der Waals surface area (Å²) in [5, 5.41) is 1.22. The molecular formula is C22H25N3O. The second-order valence-electron chi connectivity index (χ2n) is 7.49. The maximum Gasteiger partial charge on any atom is 0.255 e. The maximum atomic E-state index is 13.1. The smallest absolute Gasteiger partial charge is 0.255 e. The normalized spacial score (nSPS) is 16.5. The largest absolute Gasteiger partial charge is 0.358 e. The van der Waals surface area contributed by atoms with Crippen LogP contribution in [0.1, 0.15) is 40.5 Å². The number of fused-ring (bicyclic) bond motifs is 3. The molecule has 1 amide bonds. The Labute approximate surface area is 154 Å². The van der Waals surface area contributed by atoms with E-state index >= 15 is 0 Å². The Morgan fingerprint density at radius 3 is 2.88 bits per heavy atom. The first kappa shape index (κ1) is 16.8. The van der Waals surface area contributed by atoms with E-state index in [1.807, 2.05) is 36.2 Å². The van der Waals surface area contributed by atoms with Crippen LogP contribution in [0.25, 0.3) is 10.9 Å². The van der Waals surface area contributed by atoms with Gasteiger partial charge in [0, 0.05) is 37.1 Å². The third-order valence-electron chi connectivity index (χ3n) is 5.53. The van der Waals surface area contributed by atoms with Crippen molar-refractivity contribution in [2.45, 2.75) is 32.6 Å². The summed E-state index contributed by atoms with van der Waals surface area (Å²) in [6.07, 6.45) is 7.82. The van der Waals surface area contributed by atoms with Crippen molar-refractivity contribution < 1.29 is 4.79 Å². The molecule has 4 rings (SSSR count). The average molecular weight is 347 g/mol. The minimum absolute atomic E-state index is 0.0799. The number of benzene rings is 1. The molecule has 3 aromatic rings. The van der Waals surface area contributed by atoms with E-state index in [4.69, 9.17) is 0 Å². The third kappa shape index (κ3) is 3.12. The van der Waals surface area contributed by atoms with Crippen LogP contribution < -0.4 is 0 Å². The summed E-state index contributed by atoms with van der Waals surface area (Å²) in [5.41, 5.74) is 5.71. The Kier molecular flexibility index (Phi) is 4.49. The number of carbonyl (C=O) groups excluding carboxylic acids is 1. The fraction of sp³-hybridized carbons (Fsp3) is 0.364. The second kappa shape index (κ2) is 6.94. The van der Waals surface area contributed by atoms with E-state index in [1.54, 1.807) is 12.4 Å². The number of nitrogens with one attached hydrogen (secondary N) is 1. The van der Waals surface area contributed by atoms with Crippen molar-refractivity contribution in [2.75, 3.05) is 13.6 Å². The number of nitrogens with zero attached hydrogens (tertiary/aromatic N) is 2. The fourth-order valence-corrected chi connectivity index (χ4v) is 3.95. The summed E-state index contributed by atoms with van der Waals surface area (Å²) in [6, 6.07) is 10.1. The van der Waals surface area contributed by atoms with Crippen LogP contribution in [0, 0.1) is 5.92 Å². The Morgan fingerprint density at radius 1 is 1.27 bits per heavy atom. The molecule has 1 atom stereocenters. The molecule has 0 spiro atoms. The molecule has 2 aromatic heterocycles. The molecule has 0 fully saturated rings. The van der Waals surface area contributed by atoms with E-state index in [0.717, 1.165) is 30.3 Å². The van der Waals surface area contributed by atoms with Gasteiger partial charge in [-0.25, -0.2) is 0 Å². The van der Waals surface area contributed by atoms with Crippen molar-refractivity contribution in [3.05, 3.63) is 65.1 Å². The van der Waals surface area contributed by atoms with Gasteiger partial charge in [0.1, 0.15) is 0 Å². The van der Waals surface area contributed by atoms with Crippen LogP contribution in [0.4, 0.5) is 0 Å². The molecule has 0 bridgehead atoms. The Hall–Kier alpha value is -2.62. The molecule has 1 unspecified atom stereocenters. The number of rotatable bonds is 4. The highest BCUT2D eigenvalue weighted by molar-refractivity contribution is 6.06. The topological polar surface area (TPSA) is 49.0 Å². The summed E-state index contributed by atoms with van der Waals surface area (Å²) in [6.45, 7) is 3.00. The van der Waals surface area contributed by atoms with Gasteiger partial charge in [0.25, 0.3) is 5.91 Å².